The molecule has 0 saturated carbocycles. The number of aliphatic hydroxyl groups is 1. The lowest BCUT2D eigenvalue weighted by Crippen LogP contribution is -2.35. The summed E-state index contributed by atoms with van der Waals surface area (Å²) in [5.41, 5.74) is 0.987. The van der Waals surface area contributed by atoms with Crippen molar-refractivity contribution in [2.75, 3.05) is 13.2 Å². The van der Waals surface area contributed by atoms with E-state index < -0.39 is 12.1 Å². The van der Waals surface area contributed by atoms with E-state index in [1.807, 2.05) is 6.07 Å². The molecule has 2 aromatic carbocycles. The Hall–Kier alpha value is -2.91. The summed E-state index contributed by atoms with van der Waals surface area (Å²) in [6.07, 6.45) is -0.312. The summed E-state index contributed by atoms with van der Waals surface area (Å²) in [7, 11) is 0. The Bertz CT molecular complexity index is 818. The van der Waals surface area contributed by atoms with E-state index in [1.165, 1.54) is 17.0 Å². The second-order valence-electron chi connectivity index (χ2n) is 5.90. The number of benzene rings is 2. The lowest BCUT2D eigenvalue weighted by Gasteiger charge is -2.25. The highest BCUT2D eigenvalue weighted by Crippen LogP contribution is 2.32. The van der Waals surface area contributed by atoms with Crippen molar-refractivity contribution in [3.63, 3.8) is 0 Å². The van der Waals surface area contributed by atoms with E-state index in [-0.39, 0.29) is 24.9 Å². The standard InChI is InChI=1S/C19H17FN2O3/c20-15-6-3-5-13(8-15)17-9-16(23)11-22(17)19(24)12-25-18-7-2-1-4-14(18)10-21/h1-8,16-17,23H,9,11-12H2/t16-,17-/m1/s1. The molecule has 5 nitrogen and oxygen atoms in total. The Morgan fingerprint density at radius 1 is 1.32 bits per heavy atom. The number of ether oxygens (including phenoxy) is 1. The number of nitriles is 1. The van der Waals surface area contributed by atoms with Gasteiger partial charge in [-0.2, -0.15) is 5.26 Å². The van der Waals surface area contributed by atoms with Crippen LogP contribution in [0.3, 0.4) is 0 Å². The highest BCUT2D eigenvalue weighted by atomic mass is 19.1. The van der Waals surface area contributed by atoms with Crippen LogP contribution in [0.2, 0.25) is 0 Å². The zero-order valence-electron chi connectivity index (χ0n) is 13.4. The minimum absolute atomic E-state index is 0.170. The first-order chi connectivity index (χ1) is 12.1. The molecule has 1 aliphatic heterocycles. The number of carbonyl (C=O) groups is 1. The lowest BCUT2D eigenvalue weighted by molar-refractivity contribution is -0.134. The molecule has 0 aliphatic carbocycles. The van der Waals surface area contributed by atoms with Crippen molar-refractivity contribution >= 4 is 5.91 Å². The number of likely N-dealkylation sites (tertiary alicyclic amines) is 1. The van der Waals surface area contributed by atoms with Gasteiger partial charge in [0.15, 0.2) is 6.61 Å². The number of para-hydroxylation sites is 1. The fraction of sp³-hybridized carbons (Fsp3) is 0.263. The van der Waals surface area contributed by atoms with E-state index in [1.54, 1.807) is 36.4 Å². The van der Waals surface area contributed by atoms with Crippen LogP contribution in [-0.2, 0) is 4.79 Å². The van der Waals surface area contributed by atoms with Crippen LogP contribution in [0.25, 0.3) is 0 Å². The average molecular weight is 340 g/mol. The highest BCUT2D eigenvalue weighted by Gasteiger charge is 2.35. The molecule has 0 spiro atoms. The van der Waals surface area contributed by atoms with Gasteiger partial charge in [0, 0.05) is 6.54 Å². The molecule has 25 heavy (non-hydrogen) atoms. The number of β-amino-alcohol motifs (C(OH)–C–C–N with tert-alkyl or cyclic N) is 1. The quantitative estimate of drug-likeness (QED) is 0.928. The molecule has 1 saturated heterocycles. The molecule has 0 radical (unpaired) electrons. The number of nitrogens with zero attached hydrogens (tertiary/aromatic N) is 2. The van der Waals surface area contributed by atoms with Crippen molar-refractivity contribution in [3.05, 3.63) is 65.5 Å². The Morgan fingerprint density at radius 2 is 2.12 bits per heavy atom. The van der Waals surface area contributed by atoms with Crippen molar-refractivity contribution in [1.29, 1.82) is 5.26 Å². The van der Waals surface area contributed by atoms with Crippen molar-refractivity contribution < 1.29 is 19.0 Å². The topological polar surface area (TPSA) is 73.6 Å². The summed E-state index contributed by atoms with van der Waals surface area (Å²) < 4.78 is 19.0. The highest BCUT2D eigenvalue weighted by molar-refractivity contribution is 5.78. The van der Waals surface area contributed by atoms with Crippen molar-refractivity contribution in [2.45, 2.75) is 18.6 Å². The van der Waals surface area contributed by atoms with Gasteiger partial charge in [-0.15, -0.1) is 0 Å². The zero-order valence-corrected chi connectivity index (χ0v) is 13.4. The van der Waals surface area contributed by atoms with Gasteiger partial charge in [0.1, 0.15) is 17.6 Å². The molecule has 3 rings (SSSR count). The molecule has 128 valence electrons. The first-order valence-corrected chi connectivity index (χ1v) is 7.93. The van der Waals surface area contributed by atoms with Gasteiger partial charge in [0.25, 0.3) is 5.91 Å². The summed E-state index contributed by atoms with van der Waals surface area (Å²) >= 11 is 0. The minimum Gasteiger partial charge on any atom is -0.482 e. The molecule has 1 fully saturated rings. The Labute approximate surface area is 144 Å². The fourth-order valence-electron chi connectivity index (χ4n) is 3.03. The van der Waals surface area contributed by atoms with Crippen molar-refractivity contribution in [2.24, 2.45) is 0 Å². The zero-order chi connectivity index (χ0) is 17.8. The Kier molecular flexibility index (Phi) is 4.96. The van der Waals surface area contributed by atoms with Crippen LogP contribution in [0.1, 0.15) is 23.6 Å². The molecule has 2 atom stereocenters. The molecule has 1 heterocycles. The SMILES string of the molecule is N#Cc1ccccc1OCC(=O)N1C[C@H](O)C[C@@H]1c1cccc(F)c1. The van der Waals surface area contributed by atoms with E-state index in [0.717, 1.165) is 0 Å². The number of halogens is 1. The first kappa shape index (κ1) is 16.9. The third-order valence-corrected chi connectivity index (χ3v) is 4.19. The predicted molar refractivity (Wildman–Crippen MR) is 88.1 cm³/mol. The Balaban J connectivity index is 1.73. The first-order valence-electron chi connectivity index (χ1n) is 7.93. The number of amides is 1. The summed E-state index contributed by atoms with van der Waals surface area (Å²) in [6, 6.07) is 14.3. The average Bonchev–Trinajstić information content (AvgIpc) is 3.02. The van der Waals surface area contributed by atoms with Gasteiger partial charge in [-0.25, -0.2) is 4.39 Å². The normalized spacial score (nSPS) is 19.5. The number of carbonyl (C=O) groups excluding carboxylic acids is 1. The van der Waals surface area contributed by atoms with Crippen LogP contribution >= 0.6 is 0 Å². The largest absolute Gasteiger partial charge is 0.482 e. The third-order valence-electron chi connectivity index (χ3n) is 4.19. The van der Waals surface area contributed by atoms with E-state index in [9.17, 15) is 14.3 Å². The van der Waals surface area contributed by atoms with Crippen LogP contribution in [0.4, 0.5) is 4.39 Å². The second-order valence-corrected chi connectivity index (χ2v) is 5.90. The van der Waals surface area contributed by atoms with Gasteiger partial charge in [0.05, 0.1) is 17.7 Å². The van der Waals surface area contributed by atoms with Crippen LogP contribution in [-0.4, -0.2) is 35.2 Å². The van der Waals surface area contributed by atoms with Gasteiger partial charge >= 0.3 is 0 Å². The maximum Gasteiger partial charge on any atom is 0.261 e. The summed E-state index contributed by atoms with van der Waals surface area (Å²) in [5.74, 6) is -0.371. The Morgan fingerprint density at radius 3 is 2.88 bits per heavy atom. The lowest BCUT2D eigenvalue weighted by atomic mass is 10.0. The molecular formula is C19H17FN2O3. The molecule has 6 heteroatoms. The predicted octanol–water partition coefficient (Wildman–Crippen LogP) is 2.41. The van der Waals surface area contributed by atoms with Crippen LogP contribution in [0, 0.1) is 17.1 Å². The van der Waals surface area contributed by atoms with Gasteiger partial charge < -0.3 is 14.7 Å². The van der Waals surface area contributed by atoms with E-state index in [0.29, 0.717) is 23.3 Å². The second kappa shape index (κ2) is 7.32. The van der Waals surface area contributed by atoms with Gasteiger partial charge in [0.2, 0.25) is 0 Å². The number of aliphatic hydroxyl groups excluding tert-OH is 1. The molecule has 0 unspecified atom stereocenters. The number of rotatable bonds is 4. The molecule has 1 N–H and O–H groups in total. The number of hydrogen-bond acceptors (Lipinski definition) is 4. The smallest absolute Gasteiger partial charge is 0.261 e. The monoisotopic (exact) mass is 340 g/mol. The third kappa shape index (κ3) is 3.78. The maximum absolute atomic E-state index is 13.5. The van der Waals surface area contributed by atoms with Gasteiger partial charge in [-0.3, -0.25) is 4.79 Å². The van der Waals surface area contributed by atoms with Gasteiger partial charge in [-0.05, 0) is 36.2 Å². The molecular weight excluding hydrogens is 323 g/mol. The molecule has 0 bridgehead atoms. The summed E-state index contributed by atoms with van der Waals surface area (Å²) in [4.78, 5) is 14.0. The minimum atomic E-state index is -0.663. The van der Waals surface area contributed by atoms with E-state index >= 15 is 0 Å². The van der Waals surface area contributed by atoms with E-state index in [2.05, 4.69) is 0 Å². The van der Waals surface area contributed by atoms with Crippen LogP contribution < -0.4 is 4.74 Å². The maximum atomic E-state index is 13.5. The summed E-state index contributed by atoms with van der Waals surface area (Å²) in [6.45, 7) is -0.0828. The van der Waals surface area contributed by atoms with Crippen molar-refractivity contribution in [1.82, 2.24) is 4.90 Å². The van der Waals surface area contributed by atoms with Crippen LogP contribution in [0.5, 0.6) is 5.75 Å². The van der Waals surface area contributed by atoms with Crippen molar-refractivity contribution in [3.8, 4) is 11.8 Å². The van der Waals surface area contributed by atoms with Gasteiger partial charge in [-0.1, -0.05) is 24.3 Å². The van der Waals surface area contributed by atoms with Crippen LogP contribution in [0.15, 0.2) is 48.5 Å². The number of hydrogen-bond donors (Lipinski definition) is 1. The molecule has 2 aromatic rings. The fourth-order valence-corrected chi connectivity index (χ4v) is 3.03. The molecule has 1 amide bonds. The molecule has 1 aliphatic rings. The molecule has 0 aromatic heterocycles. The van der Waals surface area contributed by atoms with E-state index in [4.69, 9.17) is 10.00 Å². The summed E-state index contributed by atoms with van der Waals surface area (Å²) in [5, 5.41) is 19.0.